The minimum atomic E-state index is -1.17. The zero-order chi connectivity index (χ0) is 9.42. The van der Waals surface area contributed by atoms with Gasteiger partial charge in [0.2, 0.25) is 0 Å². The fourth-order valence-electron chi connectivity index (χ4n) is 1.18. The van der Waals surface area contributed by atoms with Crippen LogP contribution in [0.15, 0.2) is 18.5 Å². The van der Waals surface area contributed by atoms with Crippen LogP contribution in [0.1, 0.15) is 10.5 Å². The van der Waals surface area contributed by atoms with Crippen LogP contribution in [0.4, 0.5) is 4.39 Å². The molecule has 0 fully saturated rings. The molecular formula is C8H5FN2O2. The van der Waals surface area contributed by atoms with Gasteiger partial charge in [0.25, 0.3) is 0 Å². The first-order valence-electron chi connectivity index (χ1n) is 3.55. The van der Waals surface area contributed by atoms with Crippen molar-refractivity contribution < 1.29 is 14.3 Å². The number of pyridine rings is 1. The molecule has 0 saturated carbocycles. The molecule has 2 aromatic rings. The molecule has 0 aliphatic rings. The molecule has 0 radical (unpaired) electrons. The number of fused-ring (bicyclic) bond motifs is 1. The molecule has 0 aliphatic heterocycles. The second-order valence-electron chi connectivity index (χ2n) is 2.52. The first-order chi connectivity index (χ1) is 6.20. The van der Waals surface area contributed by atoms with Crippen LogP contribution < -0.4 is 0 Å². The number of nitrogens with zero attached hydrogens (tertiary/aromatic N) is 1. The van der Waals surface area contributed by atoms with Crippen LogP contribution in [-0.2, 0) is 0 Å². The Kier molecular flexibility index (Phi) is 1.51. The second kappa shape index (κ2) is 2.55. The fourth-order valence-corrected chi connectivity index (χ4v) is 1.18. The van der Waals surface area contributed by atoms with Crippen LogP contribution in [0.5, 0.6) is 0 Å². The summed E-state index contributed by atoms with van der Waals surface area (Å²) in [5.41, 5.74) is 0.0499. The number of carboxylic acid groups (broad SMARTS) is 1. The van der Waals surface area contributed by atoms with Gasteiger partial charge in [0.15, 0.2) is 5.69 Å². The van der Waals surface area contributed by atoms with Crippen LogP contribution in [0.2, 0.25) is 0 Å². The number of carboxylic acids is 1. The zero-order valence-corrected chi connectivity index (χ0v) is 6.41. The van der Waals surface area contributed by atoms with Crippen LogP contribution in [-0.4, -0.2) is 21.0 Å². The first-order valence-corrected chi connectivity index (χ1v) is 3.55. The quantitative estimate of drug-likeness (QED) is 0.697. The summed E-state index contributed by atoms with van der Waals surface area (Å²) in [7, 11) is 0. The number of H-pyrrole nitrogens is 1. The molecular weight excluding hydrogens is 175 g/mol. The molecule has 2 aromatic heterocycles. The molecule has 0 saturated heterocycles. The van der Waals surface area contributed by atoms with E-state index < -0.39 is 11.8 Å². The largest absolute Gasteiger partial charge is 0.476 e. The van der Waals surface area contributed by atoms with Crippen LogP contribution in [0.3, 0.4) is 0 Å². The number of hydrogen-bond acceptors (Lipinski definition) is 2. The van der Waals surface area contributed by atoms with Crippen molar-refractivity contribution in [3.05, 3.63) is 30.0 Å². The highest BCUT2D eigenvalue weighted by molar-refractivity contribution is 5.99. The molecule has 2 rings (SSSR count). The lowest BCUT2D eigenvalue weighted by Crippen LogP contribution is -2.00. The van der Waals surface area contributed by atoms with Gasteiger partial charge in [-0.25, -0.2) is 14.2 Å². The predicted octanol–water partition coefficient (Wildman–Crippen LogP) is 1.40. The molecule has 13 heavy (non-hydrogen) atoms. The summed E-state index contributed by atoms with van der Waals surface area (Å²) in [4.78, 5) is 16.8. The highest BCUT2D eigenvalue weighted by Crippen LogP contribution is 2.18. The Morgan fingerprint density at radius 3 is 3.08 bits per heavy atom. The van der Waals surface area contributed by atoms with E-state index in [0.29, 0.717) is 0 Å². The summed E-state index contributed by atoms with van der Waals surface area (Å²) in [6.07, 6.45) is 2.38. The number of carbonyl (C=O) groups is 1. The van der Waals surface area contributed by atoms with Gasteiger partial charge in [0.05, 0.1) is 5.52 Å². The van der Waals surface area contributed by atoms with Crippen molar-refractivity contribution in [3.63, 3.8) is 0 Å². The van der Waals surface area contributed by atoms with Crippen molar-refractivity contribution in [2.24, 2.45) is 0 Å². The fraction of sp³-hybridized carbons (Fsp3) is 0. The predicted molar refractivity (Wildman–Crippen MR) is 43.0 cm³/mol. The summed E-state index contributed by atoms with van der Waals surface area (Å²) in [5, 5.41) is 8.93. The highest BCUT2D eigenvalue weighted by atomic mass is 19.1. The van der Waals surface area contributed by atoms with Gasteiger partial charge in [-0.05, 0) is 6.07 Å². The maximum atomic E-state index is 12.9. The zero-order valence-electron chi connectivity index (χ0n) is 6.41. The lowest BCUT2D eigenvalue weighted by Gasteiger charge is -1.94. The van der Waals surface area contributed by atoms with Crippen molar-refractivity contribution in [1.82, 2.24) is 9.97 Å². The van der Waals surface area contributed by atoms with E-state index in [2.05, 4.69) is 9.97 Å². The summed E-state index contributed by atoms with van der Waals surface area (Å²) >= 11 is 0. The molecule has 66 valence electrons. The van der Waals surface area contributed by atoms with E-state index in [9.17, 15) is 9.18 Å². The Morgan fingerprint density at radius 1 is 1.62 bits per heavy atom. The third kappa shape index (κ3) is 1.05. The second-order valence-corrected chi connectivity index (χ2v) is 2.52. The molecule has 0 aliphatic carbocycles. The molecule has 5 heteroatoms. The van der Waals surface area contributed by atoms with E-state index >= 15 is 0 Å². The van der Waals surface area contributed by atoms with Gasteiger partial charge in [-0.2, -0.15) is 0 Å². The van der Waals surface area contributed by atoms with Crippen LogP contribution in [0, 0.1) is 5.82 Å². The van der Waals surface area contributed by atoms with Gasteiger partial charge >= 0.3 is 5.97 Å². The van der Waals surface area contributed by atoms with Gasteiger partial charge in [0.1, 0.15) is 5.82 Å². The van der Waals surface area contributed by atoms with E-state index in [-0.39, 0.29) is 16.6 Å². The molecule has 0 spiro atoms. The number of halogens is 1. The Balaban J connectivity index is 2.84. The monoisotopic (exact) mass is 180 g/mol. The van der Waals surface area contributed by atoms with E-state index in [4.69, 9.17) is 5.11 Å². The Hall–Kier alpha value is -1.91. The standard InChI is InChI=1S/C8H5FN2O2/c9-5-3-11-6-4(5)1-2-10-7(6)8(12)13/h1-3,11H,(H,12,13). The van der Waals surface area contributed by atoms with E-state index in [0.717, 1.165) is 6.20 Å². The van der Waals surface area contributed by atoms with E-state index in [1.807, 2.05) is 0 Å². The van der Waals surface area contributed by atoms with Crippen molar-refractivity contribution in [3.8, 4) is 0 Å². The average molecular weight is 180 g/mol. The first kappa shape index (κ1) is 7.72. The van der Waals surface area contributed by atoms with Crippen molar-refractivity contribution in [2.45, 2.75) is 0 Å². The third-order valence-electron chi connectivity index (χ3n) is 1.75. The van der Waals surface area contributed by atoms with Crippen molar-refractivity contribution in [1.29, 1.82) is 0 Å². The van der Waals surface area contributed by atoms with Gasteiger partial charge in [-0.3, -0.25) is 0 Å². The van der Waals surface area contributed by atoms with Crippen molar-refractivity contribution in [2.75, 3.05) is 0 Å². The third-order valence-corrected chi connectivity index (χ3v) is 1.75. The summed E-state index contributed by atoms with van der Waals surface area (Å²) in [6.45, 7) is 0. The Bertz CT molecular complexity index is 478. The average Bonchev–Trinajstić information content (AvgIpc) is 2.48. The molecule has 0 unspecified atom stereocenters. The Labute approximate surface area is 72.0 Å². The number of aromatic carboxylic acids is 1. The van der Waals surface area contributed by atoms with Gasteiger partial charge in [-0.1, -0.05) is 0 Å². The summed E-state index contributed by atoms with van der Waals surface area (Å²) in [5.74, 6) is -1.65. The number of aromatic amines is 1. The van der Waals surface area contributed by atoms with Crippen LogP contribution >= 0.6 is 0 Å². The highest BCUT2D eigenvalue weighted by Gasteiger charge is 2.12. The molecule has 2 N–H and O–H groups in total. The topological polar surface area (TPSA) is 66.0 Å². The van der Waals surface area contributed by atoms with Gasteiger partial charge < -0.3 is 10.1 Å². The smallest absolute Gasteiger partial charge is 0.356 e. The summed E-state index contributed by atoms with van der Waals surface area (Å²) in [6, 6.07) is 1.42. The molecule has 0 atom stereocenters. The van der Waals surface area contributed by atoms with Crippen molar-refractivity contribution >= 4 is 16.9 Å². The maximum absolute atomic E-state index is 12.9. The number of nitrogens with one attached hydrogen (secondary N) is 1. The maximum Gasteiger partial charge on any atom is 0.356 e. The molecule has 0 aromatic carbocycles. The normalized spacial score (nSPS) is 10.5. The SMILES string of the molecule is O=C(O)c1nccc2c(F)c[nH]c12. The van der Waals surface area contributed by atoms with Gasteiger partial charge in [0, 0.05) is 17.8 Å². The number of hydrogen-bond donors (Lipinski definition) is 2. The Morgan fingerprint density at radius 2 is 2.38 bits per heavy atom. The minimum Gasteiger partial charge on any atom is -0.476 e. The number of aromatic nitrogens is 2. The van der Waals surface area contributed by atoms with E-state index in [1.165, 1.54) is 12.3 Å². The van der Waals surface area contributed by atoms with Gasteiger partial charge in [-0.15, -0.1) is 0 Å². The molecule has 0 amide bonds. The van der Waals surface area contributed by atoms with Crippen LogP contribution in [0.25, 0.3) is 10.9 Å². The summed E-state index contributed by atoms with van der Waals surface area (Å²) < 4.78 is 12.9. The lowest BCUT2D eigenvalue weighted by molar-refractivity contribution is 0.0692. The lowest BCUT2D eigenvalue weighted by atomic mass is 10.2. The molecule has 4 nitrogen and oxygen atoms in total. The molecule has 2 heterocycles. The number of rotatable bonds is 1. The van der Waals surface area contributed by atoms with E-state index in [1.54, 1.807) is 0 Å². The molecule has 0 bridgehead atoms. The minimum absolute atomic E-state index is 0.165.